The topological polar surface area (TPSA) is 35.7 Å². The number of amidine groups is 1. The first-order chi connectivity index (χ1) is 12.6. The number of anilines is 1. The predicted molar refractivity (Wildman–Crippen MR) is 104 cm³/mol. The minimum absolute atomic E-state index is 0.554. The number of rotatable bonds is 3. The van der Waals surface area contributed by atoms with Crippen LogP contribution in [0.2, 0.25) is 0 Å². The summed E-state index contributed by atoms with van der Waals surface area (Å²) in [5.74, 6) is 2.05. The van der Waals surface area contributed by atoms with Crippen molar-refractivity contribution >= 4 is 11.5 Å². The predicted octanol–water partition coefficient (Wildman–Crippen LogP) is 3.65. The first kappa shape index (κ1) is 17.1. The number of benzene rings is 2. The van der Waals surface area contributed by atoms with E-state index < -0.39 is 5.72 Å². The summed E-state index contributed by atoms with van der Waals surface area (Å²) in [5, 5.41) is 11.8. The molecule has 26 heavy (non-hydrogen) atoms. The highest BCUT2D eigenvalue weighted by atomic mass is 16.5. The molecule has 1 N–H and O–H groups in total. The minimum atomic E-state index is -1.00. The maximum absolute atomic E-state index is 11.8. The van der Waals surface area contributed by atoms with Crippen LogP contribution in [-0.4, -0.2) is 35.7 Å². The lowest BCUT2D eigenvalue weighted by Crippen LogP contribution is -2.41. The van der Waals surface area contributed by atoms with E-state index in [1.54, 1.807) is 7.11 Å². The summed E-state index contributed by atoms with van der Waals surface area (Å²) in [6.07, 6.45) is 4.50. The van der Waals surface area contributed by atoms with Crippen molar-refractivity contribution in [3.63, 3.8) is 0 Å². The molecule has 0 amide bonds. The van der Waals surface area contributed by atoms with Gasteiger partial charge in [-0.15, -0.1) is 0 Å². The van der Waals surface area contributed by atoms with E-state index in [1.165, 1.54) is 24.2 Å². The standard InChI is InChI=1S/C22H27N2O2/c1-17-7-6-8-19(15-17)23-16-22(25,18-10-12-20(26-2)13-11-18)24-14-5-3-4-9-21(23)24/h6-8,10-13,15,25H,3-5,9,14,16H2,1-2H3/q+1/t22-/m1/s1. The summed E-state index contributed by atoms with van der Waals surface area (Å²) in [6, 6.07) is 16.4. The molecule has 2 aliphatic heterocycles. The first-order valence-electron chi connectivity index (χ1n) is 9.46. The van der Waals surface area contributed by atoms with Crippen molar-refractivity contribution in [2.75, 3.05) is 25.1 Å². The highest BCUT2D eigenvalue weighted by molar-refractivity contribution is 5.96. The van der Waals surface area contributed by atoms with Gasteiger partial charge in [0.05, 0.1) is 13.7 Å². The molecule has 0 aromatic heterocycles. The second kappa shape index (κ2) is 6.76. The second-order valence-electron chi connectivity index (χ2n) is 7.35. The van der Waals surface area contributed by atoms with Crippen molar-refractivity contribution in [1.29, 1.82) is 0 Å². The zero-order valence-electron chi connectivity index (χ0n) is 15.6. The summed E-state index contributed by atoms with van der Waals surface area (Å²) in [5.41, 5.74) is 2.32. The number of aliphatic hydroxyl groups is 1. The lowest BCUT2D eigenvalue weighted by molar-refractivity contribution is -0.658. The normalized spacial score (nSPS) is 23.0. The number of aryl methyl sites for hydroxylation is 1. The molecule has 0 unspecified atom stereocenters. The highest BCUT2D eigenvalue weighted by Crippen LogP contribution is 2.36. The maximum atomic E-state index is 11.8. The molecule has 0 aliphatic carbocycles. The number of methoxy groups -OCH3 is 1. The lowest BCUT2D eigenvalue weighted by atomic mass is 10.0. The van der Waals surface area contributed by atoms with Gasteiger partial charge in [0.15, 0.2) is 6.54 Å². The van der Waals surface area contributed by atoms with Crippen molar-refractivity contribution in [1.82, 2.24) is 0 Å². The Kier molecular flexibility index (Phi) is 4.45. The largest absolute Gasteiger partial charge is 0.497 e. The van der Waals surface area contributed by atoms with Gasteiger partial charge in [0, 0.05) is 12.0 Å². The summed E-state index contributed by atoms with van der Waals surface area (Å²) in [7, 11) is 1.67. The Morgan fingerprint density at radius 3 is 2.62 bits per heavy atom. The molecule has 2 heterocycles. The van der Waals surface area contributed by atoms with Gasteiger partial charge in [0.2, 0.25) is 0 Å². The van der Waals surface area contributed by atoms with Crippen LogP contribution in [0.1, 0.15) is 36.8 Å². The minimum Gasteiger partial charge on any atom is -0.497 e. The van der Waals surface area contributed by atoms with Crippen LogP contribution < -0.4 is 9.64 Å². The van der Waals surface area contributed by atoms with Gasteiger partial charge in [0.1, 0.15) is 11.4 Å². The molecule has 2 aromatic rings. The number of nitrogens with zero attached hydrogens (tertiary/aromatic N) is 2. The molecule has 1 atom stereocenters. The molecule has 2 aliphatic rings. The average Bonchev–Trinajstić information content (AvgIpc) is 2.81. The maximum Gasteiger partial charge on any atom is 0.271 e. The third-order valence-corrected chi connectivity index (χ3v) is 5.60. The number of hydrogen-bond donors (Lipinski definition) is 1. The van der Waals surface area contributed by atoms with Gasteiger partial charge in [-0.25, -0.2) is 9.48 Å². The van der Waals surface area contributed by atoms with Crippen LogP contribution in [0.15, 0.2) is 48.5 Å². The summed E-state index contributed by atoms with van der Waals surface area (Å²) in [4.78, 5) is 2.31. The van der Waals surface area contributed by atoms with E-state index in [1.807, 2.05) is 24.3 Å². The lowest BCUT2D eigenvalue weighted by Gasteiger charge is -2.23. The van der Waals surface area contributed by atoms with Crippen LogP contribution in [0.4, 0.5) is 5.69 Å². The monoisotopic (exact) mass is 351 g/mol. The Bertz CT molecular complexity index is 828. The molecule has 0 radical (unpaired) electrons. The van der Waals surface area contributed by atoms with E-state index in [0.29, 0.717) is 6.54 Å². The molecule has 0 fully saturated rings. The third kappa shape index (κ3) is 2.88. The number of β-amino-alcohol motifs (C(OH)–C–C–N with tert-alkyl or cyclic N) is 1. The third-order valence-electron chi connectivity index (χ3n) is 5.60. The molecule has 2 aromatic carbocycles. The van der Waals surface area contributed by atoms with Crippen LogP contribution in [0.5, 0.6) is 5.75 Å². The molecule has 0 saturated heterocycles. The van der Waals surface area contributed by atoms with E-state index in [2.05, 4.69) is 40.7 Å². The van der Waals surface area contributed by atoms with Crippen molar-refractivity contribution < 1.29 is 14.4 Å². The Hall–Kier alpha value is -2.33. The van der Waals surface area contributed by atoms with Gasteiger partial charge < -0.3 is 9.84 Å². The van der Waals surface area contributed by atoms with Crippen LogP contribution >= 0.6 is 0 Å². The molecule has 0 bridgehead atoms. The molecule has 136 valence electrons. The summed E-state index contributed by atoms with van der Waals surface area (Å²) in [6.45, 7) is 3.56. The van der Waals surface area contributed by atoms with Crippen molar-refractivity contribution in [2.24, 2.45) is 0 Å². The second-order valence-corrected chi connectivity index (χ2v) is 7.35. The van der Waals surface area contributed by atoms with E-state index in [9.17, 15) is 5.11 Å². The molecule has 4 nitrogen and oxygen atoms in total. The Morgan fingerprint density at radius 1 is 1.08 bits per heavy atom. The molecule has 0 saturated carbocycles. The van der Waals surface area contributed by atoms with E-state index >= 15 is 0 Å². The summed E-state index contributed by atoms with van der Waals surface area (Å²) < 4.78 is 7.51. The fraction of sp³-hybridized carbons (Fsp3) is 0.409. The van der Waals surface area contributed by atoms with Gasteiger partial charge >= 0.3 is 0 Å². The van der Waals surface area contributed by atoms with E-state index in [-0.39, 0.29) is 0 Å². The molecule has 4 rings (SSSR count). The van der Waals surface area contributed by atoms with Crippen LogP contribution in [0.3, 0.4) is 0 Å². The Labute approximate surface area is 155 Å². The zero-order valence-corrected chi connectivity index (χ0v) is 15.6. The van der Waals surface area contributed by atoms with Gasteiger partial charge in [-0.2, -0.15) is 0 Å². The highest BCUT2D eigenvalue weighted by Gasteiger charge is 2.51. The van der Waals surface area contributed by atoms with Crippen molar-refractivity contribution in [2.45, 2.75) is 38.3 Å². The average molecular weight is 351 g/mol. The SMILES string of the molecule is COc1ccc([C@]2(O)CN(c3cccc(C)c3)C3=[N+]2CCCCC3)cc1. The van der Waals surface area contributed by atoms with Gasteiger partial charge in [-0.3, -0.25) is 0 Å². The molecule has 4 heteroatoms. The van der Waals surface area contributed by atoms with Gasteiger partial charge in [-0.05, 0) is 68.1 Å². The molecule has 0 spiro atoms. The molecular weight excluding hydrogens is 324 g/mol. The first-order valence-corrected chi connectivity index (χ1v) is 9.46. The number of hydrogen-bond acceptors (Lipinski definition) is 3. The fourth-order valence-corrected chi connectivity index (χ4v) is 4.21. The smallest absolute Gasteiger partial charge is 0.271 e. The Morgan fingerprint density at radius 2 is 1.88 bits per heavy atom. The fourth-order valence-electron chi connectivity index (χ4n) is 4.21. The van der Waals surface area contributed by atoms with Crippen molar-refractivity contribution in [3.05, 3.63) is 59.7 Å². The van der Waals surface area contributed by atoms with E-state index in [4.69, 9.17) is 4.74 Å². The van der Waals surface area contributed by atoms with Crippen LogP contribution in [0.25, 0.3) is 0 Å². The van der Waals surface area contributed by atoms with Crippen LogP contribution in [-0.2, 0) is 5.72 Å². The van der Waals surface area contributed by atoms with Gasteiger partial charge in [-0.1, -0.05) is 12.1 Å². The zero-order chi connectivity index (χ0) is 18.1. The Balaban J connectivity index is 1.79. The van der Waals surface area contributed by atoms with Crippen molar-refractivity contribution in [3.8, 4) is 5.75 Å². The summed E-state index contributed by atoms with van der Waals surface area (Å²) >= 11 is 0. The molecular formula is C22H27N2O2+. The van der Waals surface area contributed by atoms with Crippen LogP contribution in [0, 0.1) is 6.92 Å². The van der Waals surface area contributed by atoms with Gasteiger partial charge in [0.25, 0.3) is 11.6 Å². The van der Waals surface area contributed by atoms with E-state index in [0.717, 1.165) is 36.4 Å². The quantitative estimate of drug-likeness (QED) is 0.858. The number of ether oxygens (including phenoxy) is 1.